The van der Waals surface area contributed by atoms with E-state index in [2.05, 4.69) is 25.6 Å². The molecule has 1 saturated heterocycles. The van der Waals surface area contributed by atoms with Gasteiger partial charge in [-0.1, -0.05) is 52.3 Å². The zero-order valence-corrected chi connectivity index (χ0v) is 17.1. The third-order valence-electron chi connectivity index (χ3n) is 4.48. The normalized spacial score (nSPS) is 17.2. The van der Waals surface area contributed by atoms with Gasteiger partial charge in [0.25, 0.3) is 0 Å². The molecule has 1 atom stereocenters. The average Bonchev–Trinajstić information content (AvgIpc) is 2.64. The average molecular weight is 439 g/mol. The van der Waals surface area contributed by atoms with Crippen LogP contribution in [0.2, 0.25) is 0 Å². The first-order valence-corrected chi connectivity index (χ1v) is 10.9. The fraction of sp³-hybridized carbons (Fsp3) is 0.368. The summed E-state index contributed by atoms with van der Waals surface area (Å²) in [6.45, 7) is 5.39. The fourth-order valence-corrected chi connectivity index (χ4v) is 5.05. The molecule has 140 valence electrons. The lowest BCUT2D eigenvalue weighted by molar-refractivity contribution is 0.0345. The number of morpholine rings is 1. The van der Waals surface area contributed by atoms with Crippen molar-refractivity contribution in [2.45, 2.75) is 17.9 Å². The van der Waals surface area contributed by atoms with Crippen LogP contribution in [0, 0.1) is 6.92 Å². The Hall–Kier alpha value is -1.25. The lowest BCUT2D eigenvalue weighted by Crippen LogP contribution is -2.43. The van der Waals surface area contributed by atoms with Gasteiger partial charge in [-0.2, -0.15) is 0 Å². The molecule has 1 N–H and O–H groups in total. The molecule has 26 heavy (non-hydrogen) atoms. The quantitative estimate of drug-likeness (QED) is 0.752. The van der Waals surface area contributed by atoms with Gasteiger partial charge in [-0.3, -0.25) is 4.90 Å². The molecule has 2 aromatic rings. The Bertz CT molecular complexity index is 837. The summed E-state index contributed by atoms with van der Waals surface area (Å²) < 4.78 is 35.2. The van der Waals surface area contributed by atoms with Gasteiger partial charge in [0.2, 0.25) is 10.0 Å². The molecule has 0 saturated carbocycles. The molecule has 0 aliphatic carbocycles. The summed E-state index contributed by atoms with van der Waals surface area (Å²) in [7, 11) is -3.65. The highest BCUT2D eigenvalue weighted by molar-refractivity contribution is 9.10. The van der Waals surface area contributed by atoms with E-state index in [4.69, 9.17) is 4.74 Å². The van der Waals surface area contributed by atoms with Gasteiger partial charge < -0.3 is 4.74 Å². The van der Waals surface area contributed by atoms with Gasteiger partial charge in [-0.15, -0.1) is 0 Å². The maximum Gasteiger partial charge on any atom is 0.241 e. The highest BCUT2D eigenvalue weighted by Gasteiger charge is 2.25. The number of rotatable bonds is 6. The fourth-order valence-electron chi connectivity index (χ4n) is 3.05. The number of aryl methyl sites for hydroxylation is 1. The van der Waals surface area contributed by atoms with Gasteiger partial charge in [0.05, 0.1) is 24.2 Å². The lowest BCUT2D eigenvalue weighted by Gasteiger charge is -2.31. The summed E-state index contributed by atoms with van der Waals surface area (Å²) >= 11 is 3.37. The zero-order chi connectivity index (χ0) is 18.6. The summed E-state index contributed by atoms with van der Waals surface area (Å²) in [5.41, 5.74) is 1.68. The van der Waals surface area contributed by atoms with Crippen LogP contribution in [0.5, 0.6) is 0 Å². The molecule has 3 rings (SSSR count). The van der Waals surface area contributed by atoms with Gasteiger partial charge in [0, 0.05) is 24.1 Å². The predicted molar refractivity (Wildman–Crippen MR) is 106 cm³/mol. The van der Waals surface area contributed by atoms with E-state index in [0.717, 1.165) is 28.7 Å². The van der Waals surface area contributed by atoms with Crippen LogP contribution in [0.3, 0.4) is 0 Å². The molecule has 1 fully saturated rings. The van der Waals surface area contributed by atoms with Crippen molar-refractivity contribution in [3.63, 3.8) is 0 Å². The first kappa shape index (κ1) is 19.5. The Morgan fingerprint density at radius 2 is 1.85 bits per heavy atom. The van der Waals surface area contributed by atoms with Crippen LogP contribution in [0.1, 0.15) is 17.2 Å². The maximum absolute atomic E-state index is 13.1. The Morgan fingerprint density at radius 3 is 2.54 bits per heavy atom. The summed E-state index contributed by atoms with van der Waals surface area (Å²) in [4.78, 5) is 2.53. The second-order valence-corrected chi connectivity index (χ2v) is 9.01. The largest absolute Gasteiger partial charge is 0.379 e. The Morgan fingerprint density at radius 1 is 1.15 bits per heavy atom. The lowest BCUT2D eigenvalue weighted by atomic mass is 10.1. The standard InChI is InChI=1S/C19H23BrN2O3S/c1-15-7-8-17(20)13-19(15)26(23,24)21-18(16-5-3-2-4-6-16)14-22-9-11-25-12-10-22/h2-8,13,18,21H,9-12,14H2,1H3. The third kappa shape index (κ3) is 4.92. The van der Waals surface area contributed by atoms with Crippen molar-refractivity contribution in [1.29, 1.82) is 0 Å². The maximum atomic E-state index is 13.1. The molecule has 0 amide bonds. The molecular weight excluding hydrogens is 416 g/mol. The van der Waals surface area contributed by atoms with Gasteiger partial charge in [-0.05, 0) is 30.2 Å². The van der Waals surface area contributed by atoms with Crippen LogP contribution in [0.4, 0.5) is 0 Å². The van der Waals surface area contributed by atoms with Crippen molar-refractivity contribution < 1.29 is 13.2 Å². The van der Waals surface area contributed by atoms with E-state index >= 15 is 0 Å². The van der Waals surface area contributed by atoms with Crippen LogP contribution >= 0.6 is 15.9 Å². The van der Waals surface area contributed by atoms with Crippen LogP contribution in [0.25, 0.3) is 0 Å². The van der Waals surface area contributed by atoms with Gasteiger partial charge in [0.1, 0.15) is 0 Å². The monoisotopic (exact) mass is 438 g/mol. The smallest absolute Gasteiger partial charge is 0.241 e. The first-order valence-electron chi connectivity index (χ1n) is 8.59. The van der Waals surface area contributed by atoms with Gasteiger partial charge in [-0.25, -0.2) is 13.1 Å². The van der Waals surface area contributed by atoms with E-state index in [1.165, 1.54) is 0 Å². The van der Waals surface area contributed by atoms with E-state index in [0.29, 0.717) is 24.7 Å². The summed E-state index contributed by atoms with van der Waals surface area (Å²) in [6, 6.07) is 14.7. The van der Waals surface area contributed by atoms with Crippen LogP contribution in [-0.4, -0.2) is 46.2 Å². The summed E-state index contributed by atoms with van der Waals surface area (Å²) in [5, 5.41) is 0. The van der Waals surface area contributed by atoms with Crippen molar-refractivity contribution in [3.05, 3.63) is 64.1 Å². The van der Waals surface area contributed by atoms with E-state index < -0.39 is 10.0 Å². The van der Waals surface area contributed by atoms with Crippen molar-refractivity contribution in [2.24, 2.45) is 0 Å². The number of nitrogens with one attached hydrogen (secondary N) is 1. The number of ether oxygens (including phenoxy) is 1. The molecule has 5 nitrogen and oxygen atoms in total. The van der Waals surface area contributed by atoms with Crippen molar-refractivity contribution >= 4 is 26.0 Å². The third-order valence-corrected chi connectivity index (χ3v) is 6.59. The van der Waals surface area contributed by atoms with Gasteiger partial charge in [0.15, 0.2) is 0 Å². The number of benzene rings is 2. The predicted octanol–water partition coefficient (Wildman–Crippen LogP) is 3.11. The number of hydrogen-bond acceptors (Lipinski definition) is 4. The van der Waals surface area contributed by atoms with Crippen molar-refractivity contribution in [2.75, 3.05) is 32.8 Å². The Kier molecular flexibility index (Phi) is 6.47. The molecule has 1 heterocycles. The second-order valence-electron chi connectivity index (χ2n) is 6.41. The summed E-state index contributed by atoms with van der Waals surface area (Å²) in [5.74, 6) is 0. The van der Waals surface area contributed by atoms with Crippen molar-refractivity contribution in [1.82, 2.24) is 9.62 Å². The van der Waals surface area contributed by atoms with E-state index in [-0.39, 0.29) is 6.04 Å². The zero-order valence-electron chi connectivity index (χ0n) is 14.7. The van der Waals surface area contributed by atoms with E-state index in [1.807, 2.05) is 36.4 Å². The molecule has 2 aromatic carbocycles. The number of sulfonamides is 1. The second kappa shape index (κ2) is 8.63. The molecular formula is C19H23BrN2O3S. The molecule has 7 heteroatoms. The molecule has 1 aliphatic heterocycles. The van der Waals surface area contributed by atoms with Crippen LogP contribution in [-0.2, 0) is 14.8 Å². The topological polar surface area (TPSA) is 58.6 Å². The molecule has 0 spiro atoms. The number of nitrogens with zero attached hydrogens (tertiary/aromatic N) is 1. The van der Waals surface area contributed by atoms with Crippen molar-refractivity contribution in [3.8, 4) is 0 Å². The van der Waals surface area contributed by atoms with Gasteiger partial charge >= 0.3 is 0 Å². The molecule has 1 aliphatic rings. The minimum Gasteiger partial charge on any atom is -0.379 e. The van der Waals surface area contributed by atoms with E-state index in [9.17, 15) is 8.42 Å². The number of hydrogen-bond donors (Lipinski definition) is 1. The van der Waals surface area contributed by atoms with E-state index in [1.54, 1.807) is 19.1 Å². The minimum absolute atomic E-state index is 0.301. The highest BCUT2D eigenvalue weighted by Crippen LogP contribution is 2.24. The van der Waals surface area contributed by atoms with Crippen LogP contribution < -0.4 is 4.72 Å². The molecule has 1 unspecified atom stereocenters. The Balaban J connectivity index is 1.87. The molecule has 0 radical (unpaired) electrons. The molecule has 0 aromatic heterocycles. The Labute approximate surface area is 163 Å². The number of halogens is 1. The molecule has 0 bridgehead atoms. The minimum atomic E-state index is -3.65. The summed E-state index contributed by atoms with van der Waals surface area (Å²) in [6.07, 6.45) is 0. The first-order chi connectivity index (χ1) is 12.5. The highest BCUT2D eigenvalue weighted by atomic mass is 79.9. The van der Waals surface area contributed by atoms with Crippen LogP contribution in [0.15, 0.2) is 57.9 Å². The SMILES string of the molecule is Cc1ccc(Br)cc1S(=O)(=O)NC(CN1CCOCC1)c1ccccc1.